The number of amides is 1. The number of carbonyl (C=O) groups excluding carboxylic acids is 1. The number of rotatable bonds is 4. The lowest BCUT2D eigenvalue weighted by atomic mass is 9.95. The Kier molecular flexibility index (Phi) is 4.65. The Bertz CT molecular complexity index is 707. The van der Waals surface area contributed by atoms with E-state index >= 15 is 0 Å². The van der Waals surface area contributed by atoms with Gasteiger partial charge in [0.25, 0.3) is 5.91 Å². The number of nitrogens with zero attached hydrogens (tertiary/aromatic N) is 2. The molecule has 0 unspecified atom stereocenters. The Labute approximate surface area is 134 Å². The highest BCUT2D eigenvalue weighted by Crippen LogP contribution is 2.33. The molecule has 3 rings (SSSR count). The van der Waals surface area contributed by atoms with Crippen molar-refractivity contribution < 1.29 is 9.53 Å². The number of nitriles is 1. The van der Waals surface area contributed by atoms with Crippen molar-refractivity contribution in [3.8, 4) is 6.07 Å². The summed E-state index contributed by atoms with van der Waals surface area (Å²) in [6, 6.07) is 15.2. The van der Waals surface area contributed by atoms with Gasteiger partial charge in [0.05, 0.1) is 11.7 Å². The van der Waals surface area contributed by atoms with Crippen LogP contribution in [0.4, 0.5) is 0 Å². The van der Waals surface area contributed by atoms with Gasteiger partial charge >= 0.3 is 0 Å². The molecule has 1 saturated heterocycles. The zero-order chi connectivity index (χ0) is 16.1. The van der Waals surface area contributed by atoms with Gasteiger partial charge in [0.2, 0.25) is 0 Å². The van der Waals surface area contributed by atoms with E-state index < -0.39 is 0 Å². The van der Waals surface area contributed by atoms with Crippen molar-refractivity contribution in [3.05, 3.63) is 65.5 Å². The zero-order valence-electron chi connectivity index (χ0n) is 12.6. The fourth-order valence-corrected chi connectivity index (χ4v) is 2.76. The number of carbonyl (C=O) groups is 1. The van der Waals surface area contributed by atoms with Crippen molar-refractivity contribution in [1.29, 1.82) is 5.26 Å². The molecule has 2 aromatic rings. The lowest BCUT2D eigenvalue weighted by Crippen LogP contribution is -2.31. The molecular weight excluding hydrogens is 290 g/mol. The molecule has 0 aliphatic carbocycles. The van der Waals surface area contributed by atoms with Crippen molar-refractivity contribution in [2.75, 3.05) is 13.2 Å². The lowest BCUT2D eigenvalue weighted by Gasteiger charge is -2.19. The van der Waals surface area contributed by atoms with Gasteiger partial charge in [0, 0.05) is 25.3 Å². The van der Waals surface area contributed by atoms with Crippen molar-refractivity contribution in [3.63, 3.8) is 0 Å². The number of aromatic nitrogens is 1. The second-order valence-corrected chi connectivity index (χ2v) is 5.50. The molecule has 1 aliphatic heterocycles. The highest BCUT2D eigenvalue weighted by molar-refractivity contribution is 5.92. The second kappa shape index (κ2) is 7.03. The standard InChI is InChI=1S/C18H17N3O2/c19-10-13-6-7-16(20-11-13)18(22)21-12-15-8-9-23-17(15)14-4-2-1-3-5-14/h1-7,11,15,17H,8-9,12H2,(H,21,22)/t15-,17-/m0/s1. The number of pyridine rings is 1. The molecule has 1 aromatic carbocycles. The van der Waals surface area contributed by atoms with Crippen LogP contribution in [0.15, 0.2) is 48.7 Å². The molecule has 2 atom stereocenters. The van der Waals surface area contributed by atoms with Crippen LogP contribution in [-0.4, -0.2) is 24.0 Å². The monoisotopic (exact) mass is 307 g/mol. The van der Waals surface area contributed by atoms with Crippen LogP contribution in [0, 0.1) is 17.2 Å². The normalized spacial score (nSPS) is 20.0. The fraction of sp³-hybridized carbons (Fsp3) is 0.278. The third kappa shape index (κ3) is 3.55. The van der Waals surface area contributed by atoms with Gasteiger partial charge < -0.3 is 10.1 Å². The quantitative estimate of drug-likeness (QED) is 0.941. The average Bonchev–Trinajstić information content (AvgIpc) is 3.09. The highest BCUT2D eigenvalue weighted by Gasteiger charge is 2.29. The Balaban J connectivity index is 1.60. The summed E-state index contributed by atoms with van der Waals surface area (Å²) in [6.45, 7) is 1.25. The van der Waals surface area contributed by atoms with Crippen molar-refractivity contribution in [2.45, 2.75) is 12.5 Å². The molecule has 2 heterocycles. The van der Waals surface area contributed by atoms with Crippen LogP contribution in [0.2, 0.25) is 0 Å². The van der Waals surface area contributed by atoms with Crippen molar-refractivity contribution in [2.24, 2.45) is 5.92 Å². The minimum absolute atomic E-state index is 0.0189. The minimum Gasteiger partial charge on any atom is -0.373 e. The summed E-state index contributed by atoms with van der Waals surface area (Å²) in [5, 5.41) is 11.7. The molecule has 1 N–H and O–H groups in total. The first-order valence-electron chi connectivity index (χ1n) is 7.59. The van der Waals surface area contributed by atoms with E-state index in [2.05, 4.69) is 10.3 Å². The maximum absolute atomic E-state index is 12.1. The molecule has 0 bridgehead atoms. The fourth-order valence-electron chi connectivity index (χ4n) is 2.76. The molecule has 5 nitrogen and oxygen atoms in total. The molecule has 1 aliphatic rings. The molecule has 0 spiro atoms. The largest absolute Gasteiger partial charge is 0.373 e. The Morgan fingerprint density at radius 2 is 2.13 bits per heavy atom. The summed E-state index contributed by atoms with van der Waals surface area (Å²) < 4.78 is 5.82. The van der Waals surface area contributed by atoms with Gasteiger partial charge in [-0.2, -0.15) is 5.26 Å². The van der Waals surface area contributed by atoms with Gasteiger partial charge in [0.15, 0.2) is 0 Å². The second-order valence-electron chi connectivity index (χ2n) is 5.50. The van der Waals surface area contributed by atoms with Gasteiger partial charge in [-0.3, -0.25) is 4.79 Å². The maximum atomic E-state index is 12.1. The topological polar surface area (TPSA) is 75.0 Å². The Morgan fingerprint density at radius 3 is 2.83 bits per heavy atom. The molecule has 116 valence electrons. The van der Waals surface area contributed by atoms with Crippen LogP contribution in [0.25, 0.3) is 0 Å². The molecule has 1 aromatic heterocycles. The molecule has 5 heteroatoms. The zero-order valence-corrected chi connectivity index (χ0v) is 12.6. The van der Waals surface area contributed by atoms with E-state index in [1.165, 1.54) is 6.20 Å². The Hall–Kier alpha value is -2.71. The Morgan fingerprint density at radius 1 is 1.30 bits per heavy atom. The SMILES string of the molecule is N#Cc1ccc(C(=O)NC[C@@H]2CCO[C@H]2c2ccccc2)nc1. The number of hydrogen-bond donors (Lipinski definition) is 1. The molecule has 0 saturated carbocycles. The molecule has 1 fully saturated rings. The van der Waals surface area contributed by atoms with E-state index in [1.54, 1.807) is 12.1 Å². The maximum Gasteiger partial charge on any atom is 0.269 e. The number of ether oxygens (including phenoxy) is 1. The number of benzene rings is 1. The van der Waals surface area contributed by atoms with Crippen molar-refractivity contribution >= 4 is 5.91 Å². The molecule has 1 amide bonds. The van der Waals surface area contributed by atoms with E-state index in [0.717, 1.165) is 12.0 Å². The van der Waals surface area contributed by atoms with E-state index in [0.29, 0.717) is 24.4 Å². The smallest absolute Gasteiger partial charge is 0.269 e. The summed E-state index contributed by atoms with van der Waals surface area (Å²) in [7, 11) is 0. The van der Waals surface area contributed by atoms with Crippen LogP contribution in [0.1, 0.15) is 34.1 Å². The summed E-state index contributed by atoms with van der Waals surface area (Å²) in [5.74, 6) is 0.0212. The first-order valence-corrected chi connectivity index (χ1v) is 7.59. The summed E-state index contributed by atoms with van der Waals surface area (Å²) in [6.07, 6.45) is 2.34. The molecular formula is C18H17N3O2. The van der Waals surface area contributed by atoms with Crippen LogP contribution in [-0.2, 0) is 4.74 Å². The summed E-state index contributed by atoms with van der Waals surface area (Å²) in [5.41, 5.74) is 1.90. The summed E-state index contributed by atoms with van der Waals surface area (Å²) in [4.78, 5) is 16.2. The highest BCUT2D eigenvalue weighted by atomic mass is 16.5. The van der Waals surface area contributed by atoms with Gasteiger partial charge in [0.1, 0.15) is 11.8 Å². The predicted molar refractivity (Wildman–Crippen MR) is 84.5 cm³/mol. The third-order valence-corrected chi connectivity index (χ3v) is 3.99. The average molecular weight is 307 g/mol. The van der Waals surface area contributed by atoms with Crippen molar-refractivity contribution in [1.82, 2.24) is 10.3 Å². The lowest BCUT2D eigenvalue weighted by molar-refractivity contribution is 0.0844. The van der Waals surface area contributed by atoms with Crippen LogP contribution in [0.3, 0.4) is 0 Å². The van der Waals surface area contributed by atoms with Crippen LogP contribution < -0.4 is 5.32 Å². The summed E-state index contributed by atoms with van der Waals surface area (Å²) >= 11 is 0. The van der Waals surface area contributed by atoms with E-state index in [-0.39, 0.29) is 17.9 Å². The first-order chi connectivity index (χ1) is 11.3. The molecule has 0 radical (unpaired) electrons. The van der Waals surface area contributed by atoms with E-state index in [1.807, 2.05) is 36.4 Å². The molecule has 23 heavy (non-hydrogen) atoms. The van der Waals surface area contributed by atoms with Gasteiger partial charge in [-0.05, 0) is 24.1 Å². The third-order valence-electron chi connectivity index (χ3n) is 3.99. The number of nitrogens with one attached hydrogen (secondary N) is 1. The van der Waals surface area contributed by atoms with Gasteiger partial charge in [-0.1, -0.05) is 30.3 Å². The van der Waals surface area contributed by atoms with E-state index in [9.17, 15) is 4.79 Å². The predicted octanol–water partition coefficient (Wildman–Crippen LogP) is 2.46. The van der Waals surface area contributed by atoms with Crippen LogP contribution >= 0.6 is 0 Å². The van der Waals surface area contributed by atoms with Gasteiger partial charge in [-0.25, -0.2) is 4.98 Å². The number of hydrogen-bond acceptors (Lipinski definition) is 4. The van der Waals surface area contributed by atoms with Crippen LogP contribution in [0.5, 0.6) is 0 Å². The first kappa shape index (κ1) is 15.2. The van der Waals surface area contributed by atoms with Gasteiger partial charge in [-0.15, -0.1) is 0 Å². The van der Waals surface area contributed by atoms with E-state index in [4.69, 9.17) is 10.00 Å². The minimum atomic E-state index is -0.229.